The Labute approximate surface area is 430 Å². The van der Waals surface area contributed by atoms with Crippen LogP contribution in [0.5, 0.6) is 0 Å². The van der Waals surface area contributed by atoms with E-state index >= 15 is 0 Å². The molecule has 13 rings (SSSR count). The maximum absolute atomic E-state index is 12.7. The summed E-state index contributed by atoms with van der Waals surface area (Å²) in [5.74, 6) is -4.28. The second-order valence-corrected chi connectivity index (χ2v) is 18.5. The number of H-pyrrole nitrogens is 2. The third-order valence-corrected chi connectivity index (χ3v) is 14.4. The molecule has 8 bridgehead atoms. The fraction of sp³-hybridized carbons (Fsp3) is 0. The number of aromatic carboxylic acids is 4. The minimum atomic E-state index is -1.07. The second-order valence-electron chi connectivity index (χ2n) is 18.5. The number of fused-ring (bicyclic) bond motifs is 12. The lowest BCUT2D eigenvalue weighted by molar-refractivity contribution is 0.0688. The Hall–Kier alpha value is -10.7. The van der Waals surface area contributed by atoms with Crippen molar-refractivity contribution in [1.29, 1.82) is 0 Å². The van der Waals surface area contributed by atoms with E-state index < -0.39 is 23.9 Å². The lowest BCUT2D eigenvalue weighted by Crippen LogP contribution is -1.99. The summed E-state index contributed by atoms with van der Waals surface area (Å²) in [5.41, 5.74) is 10.7. The topological polar surface area (TPSA) is 207 Å². The van der Waals surface area contributed by atoms with Gasteiger partial charge in [-0.3, -0.25) is 0 Å². The van der Waals surface area contributed by atoms with Crippen molar-refractivity contribution in [3.63, 3.8) is 0 Å². The fourth-order valence-corrected chi connectivity index (χ4v) is 11.2. The molecule has 0 saturated carbocycles. The zero-order valence-electron chi connectivity index (χ0n) is 39.8. The summed E-state index contributed by atoms with van der Waals surface area (Å²) in [6.07, 6.45) is 7.67. The van der Waals surface area contributed by atoms with Crippen LogP contribution in [-0.4, -0.2) is 64.2 Å². The number of aromatic nitrogens is 4. The number of rotatable bonds is 8. The summed E-state index contributed by atoms with van der Waals surface area (Å²) >= 11 is 0. The van der Waals surface area contributed by atoms with Gasteiger partial charge in [0.25, 0.3) is 0 Å². The van der Waals surface area contributed by atoms with Gasteiger partial charge in [-0.25, -0.2) is 29.1 Å². The highest BCUT2D eigenvalue weighted by molar-refractivity contribution is 6.16. The molecule has 0 amide bonds. The first-order valence-electron chi connectivity index (χ1n) is 24.2. The number of carboxylic acids is 4. The third kappa shape index (κ3) is 7.15. The van der Waals surface area contributed by atoms with Gasteiger partial charge >= 0.3 is 23.9 Å². The van der Waals surface area contributed by atoms with Gasteiger partial charge in [0.1, 0.15) is 0 Å². The van der Waals surface area contributed by atoms with E-state index in [1.54, 1.807) is 97.1 Å². The van der Waals surface area contributed by atoms with Crippen LogP contribution in [0.4, 0.5) is 0 Å². The minimum absolute atomic E-state index is 0.138. The van der Waals surface area contributed by atoms with Crippen molar-refractivity contribution >= 4 is 113 Å². The Kier molecular flexibility index (Phi) is 10.4. The Morgan fingerprint density at radius 3 is 0.697 bits per heavy atom. The lowest BCUT2D eigenvalue weighted by Gasteiger charge is -2.13. The molecule has 0 spiro atoms. The molecule has 0 saturated heterocycles. The minimum Gasteiger partial charge on any atom is -0.478 e. The molecular formula is C64H38N4O8. The highest BCUT2D eigenvalue weighted by Gasteiger charge is 2.25. The van der Waals surface area contributed by atoms with Crippen LogP contribution in [0.1, 0.15) is 64.2 Å². The zero-order chi connectivity index (χ0) is 51.9. The number of nitrogens with zero attached hydrogens (tertiary/aromatic N) is 2. The quantitative estimate of drug-likeness (QED) is 0.0849. The van der Waals surface area contributed by atoms with Crippen LogP contribution >= 0.6 is 0 Å². The van der Waals surface area contributed by atoms with Crippen LogP contribution in [0.2, 0.25) is 0 Å². The molecule has 76 heavy (non-hydrogen) atoms. The molecule has 0 radical (unpaired) electrons. The van der Waals surface area contributed by atoms with E-state index in [1.807, 2.05) is 97.1 Å². The van der Waals surface area contributed by atoms with Crippen LogP contribution in [-0.2, 0) is 0 Å². The first-order chi connectivity index (χ1) is 37.0. The summed E-state index contributed by atoms with van der Waals surface area (Å²) in [4.78, 5) is 69.2. The maximum atomic E-state index is 12.7. The van der Waals surface area contributed by atoms with E-state index in [2.05, 4.69) is 9.97 Å². The number of hydrogen-bond acceptors (Lipinski definition) is 6. The van der Waals surface area contributed by atoms with Gasteiger partial charge in [0.2, 0.25) is 0 Å². The molecule has 12 heteroatoms. The molecule has 3 aromatic heterocycles. The molecule has 12 nitrogen and oxygen atoms in total. The molecule has 2 aliphatic heterocycles. The van der Waals surface area contributed by atoms with Gasteiger partial charge in [-0.2, -0.15) is 0 Å². The van der Waals surface area contributed by atoms with Gasteiger partial charge in [0.15, 0.2) is 0 Å². The normalized spacial score (nSPS) is 12.0. The van der Waals surface area contributed by atoms with Crippen molar-refractivity contribution in [3.05, 3.63) is 215 Å². The SMILES string of the molecule is O=C(O)c1ccc(-c2c3nc(c(-c4ccc(C(=O)O)c5ccccc45)c4ccc([nH]4)c(-c4ccc(C(=O)O)c5ccccc45)c4nc(c(-c5ccc(C(=O)O)c6ccccc56)c5ccc2[nH]5)C=C4)C=C3)c2ccccc12. The standard InChI is InChI=1S/C64H38N4O8/c69-61(70)45-21-17-41(33-9-1-5-13-37(33)45)57-49-25-27-51(65-49)58(42-18-22-46(62(71)72)38-14-6-2-10-34(38)42)53-29-31-55(67-53)60(44-20-24-48(64(75)76)40-16-8-4-12-36(40)44)56-32-30-54(68-56)59(52-28-26-50(57)66-52)43-19-23-47(63(73)74)39-15-7-3-11-35(39)43/h1-32,65,68H,(H,69,70)(H,71,72)(H,73,74)(H,75,76). The number of aromatic amines is 2. The highest BCUT2D eigenvalue weighted by Crippen LogP contribution is 2.44. The van der Waals surface area contributed by atoms with E-state index in [0.29, 0.717) is 132 Å². The Morgan fingerprint density at radius 2 is 0.487 bits per heavy atom. The average molecular weight is 991 g/mol. The molecule has 0 fully saturated rings. The van der Waals surface area contributed by atoms with Crippen molar-refractivity contribution in [2.45, 2.75) is 0 Å². The summed E-state index contributed by atoms with van der Waals surface area (Å²) in [5, 5.41) is 46.3. The van der Waals surface area contributed by atoms with Crippen LogP contribution < -0.4 is 0 Å². The number of carboxylic acid groups (broad SMARTS) is 4. The molecule has 2 aliphatic rings. The molecule has 0 aliphatic carbocycles. The molecule has 8 aromatic carbocycles. The van der Waals surface area contributed by atoms with E-state index in [-0.39, 0.29) is 22.3 Å². The molecule has 5 heterocycles. The molecule has 0 unspecified atom stereocenters. The van der Waals surface area contributed by atoms with E-state index in [1.165, 1.54) is 0 Å². The molecule has 0 atom stereocenters. The van der Waals surface area contributed by atoms with Crippen LogP contribution in [0, 0.1) is 0 Å². The fourth-order valence-electron chi connectivity index (χ4n) is 11.2. The van der Waals surface area contributed by atoms with Gasteiger partial charge in [0, 0.05) is 44.3 Å². The predicted octanol–water partition coefficient (Wildman–Crippen LogP) is 14.7. The summed E-state index contributed by atoms with van der Waals surface area (Å²) in [7, 11) is 0. The largest absolute Gasteiger partial charge is 0.478 e. The van der Waals surface area contributed by atoms with E-state index in [0.717, 1.165) is 0 Å². The van der Waals surface area contributed by atoms with Crippen molar-refractivity contribution in [2.75, 3.05) is 0 Å². The van der Waals surface area contributed by atoms with Gasteiger partial charge in [-0.1, -0.05) is 121 Å². The third-order valence-electron chi connectivity index (χ3n) is 14.4. The van der Waals surface area contributed by atoms with Crippen LogP contribution in [0.15, 0.2) is 170 Å². The van der Waals surface area contributed by atoms with Crippen molar-refractivity contribution in [1.82, 2.24) is 19.9 Å². The van der Waals surface area contributed by atoms with Gasteiger partial charge in [-0.15, -0.1) is 0 Å². The van der Waals surface area contributed by atoms with Crippen molar-refractivity contribution in [3.8, 4) is 44.5 Å². The summed E-state index contributed by atoms with van der Waals surface area (Å²) in [6.45, 7) is 0. The lowest BCUT2D eigenvalue weighted by atomic mass is 9.94. The van der Waals surface area contributed by atoms with E-state index in [9.17, 15) is 39.6 Å². The molecule has 11 aromatic rings. The van der Waals surface area contributed by atoms with Crippen LogP contribution in [0.3, 0.4) is 0 Å². The number of hydrogen-bond donors (Lipinski definition) is 6. The monoisotopic (exact) mass is 990 g/mol. The Morgan fingerprint density at radius 1 is 0.276 bits per heavy atom. The van der Waals surface area contributed by atoms with Crippen molar-refractivity contribution < 1.29 is 39.6 Å². The smallest absolute Gasteiger partial charge is 0.336 e. The summed E-state index contributed by atoms with van der Waals surface area (Å²) in [6, 6.07) is 50.8. The number of nitrogens with one attached hydrogen (secondary N) is 2. The molecule has 6 N–H and O–H groups in total. The Bertz CT molecular complexity index is 4100. The molecule has 362 valence electrons. The zero-order valence-corrected chi connectivity index (χ0v) is 39.8. The predicted molar refractivity (Wildman–Crippen MR) is 298 cm³/mol. The average Bonchev–Trinajstić information content (AvgIpc) is 4.30. The number of carbonyl (C=O) groups is 4. The highest BCUT2D eigenvalue weighted by atomic mass is 16.4. The van der Waals surface area contributed by atoms with Gasteiger partial charge < -0.3 is 30.4 Å². The Balaban J connectivity index is 1.24. The van der Waals surface area contributed by atoms with Crippen molar-refractivity contribution in [2.24, 2.45) is 0 Å². The second kappa shape index (κ2) is 17.5. The number of benzene rings is 8. The van der Waals surface area contributed by atoms with Gasteiger partial charge in [0.05, 0.1) is 45.0 Å². The maximum Gasteiger partial charge on any atom is 0.336 e. The molecular weight excluding hydrogens is 953 g/mol. The van der Waals surface area contributed by atoms with E-state index in [4.69, 9.17) is 9.97 Å². The first-order valence-corrected chi connectivity index (χ1v) is 24.2. The summed E-state index contributed by atoms with van der Waals surface area (Å²) < 4.78 is 0. The first kappa shape index (κ1) is 45.2. The van der Waals surface area contributed by atoms with Crippen LogP contribution in [0.25, 0.3) is 134 Å². The van der Waals surface area contributed by atoms with Gasteiger partial charge in [-0.05, 0) is 138 Å².